The van der Waals surface area contributed by atoms with E-state index in [-0.39, 0.29) is 5.91 Å². The largest absolute Gasteiger partial charge is 0.388 e. The van der Waals surface area contributed by atoms with Crippen molar-refractivity contribution in [1.29, 1.82) is 0 Å². The summed E-state index contributed by atoms with van der Waals surface area (Å²) in [5.41, 5.74) is -0.224. The summed E-state index contributed by atoms with van der Waals surface area (Å²) >= 11 is 1.84. The van der Waals surface area contributed by atoms with E-state index in [2.05, 4.69) is 10.4 Å². The molecule has 0 aromatic carbocycles. The molecule has 1 aromatic rings. The number of rotatable bonds is 3. The third-order valence-corrected chi connectivity index (χ3v) is 4.04. The van der Waals surface area contributed by atoms with Crippen molar-refractivity contribution in [2.24, 2.45) is 7.05 Å². The van der Waals surface area contributed by atoms with Crippen LogP contribution >= 0.6 is 11.8 Å². The topological polar surface area (TPSA) is 67.2 Å². The van der Waals surface area contributed by atoms with Gasteiger partial charge in [-0.05, 0) is 30.4 Å². The smallest absolute Gasteiger partial charge is 0.269 e. The zero-order chi connectivity index (χ0) is 12.3. The molecule has 1 aromatic heterocycles. The fraction of sp³-hybridized carbons (Fsp3) is 0.636. The van der Waals surface area contributed by atoms with Crippen molar-refractivity contribution in [3.8, 4) is 0 Å². The van der Waals surface area contributed by atoms with Crippen LogP contribution in [0.2, 0.25) is 0 Å². The van der Waals surface area contributed by atoms with Gasteiger partial charge in [-0.2, -0.15) is 16.9 Å². The molecular formula is C11H17N3O2S. The maximum absolute atomic E-state index is 11.8. The monoisotopic (exact) mass is 255 g/mol. The van der Waals surface area contributed by atoms with Crippen molar-refractivity contribution >= 4 is 17.7 Å². The molecule has 17 heavy (non-hydrogen) atoms. The van der Waals surface area contributed by atoms with Crippen LogP contribution in [-0.2, 0) is 7.05 Å². The summed E-state index contributed by atoms with van der Waals surface area (Å²) in [5.74, 6) is 1.73. The van der Waals surface area contributed by atoms with E-state index in [1.54, 1.807) is 19.3 Å². The number of aromatic nitrogens is 2. The van der Waals surface area contributed by atoms with Gasteiger partial charge in [-0.3, -0.25) is 9.48 Å². The second-order valence-electron chi connectivity index (χ2n) is 4.36. The Morgan fingerprint density at radius 2 is 2.35 bits per heavy atom. The highest BCUT2D eigenvalue weighted by atomic mass is 32.2. The zero-order valence-electron chi connectivity index (χ0n) is 9.85. The van der Waals surface area contributed by atoms with Gasteiger partial charge in [-0.1, -0.05) is 0 Å². The van der Waals surface area contributed by atoms with Gasteiger partial charge in [0.2, 0.25) is 0 Å². The van der Waals surface area contributed by atoms with Gasteiger partial charge in [0, 0.05) is 19.8 Å². The lowest BCUT2D eigenvalue weighted by Crippen LogP contribution is -2.45. The highest BCUT2D eigenvalue weighted by molar-refractivity contribution is 7.99. The predicted octanol–water partition coefficient (Wildman–Crippen LogP) is 0.408. The molecule has 0 bridgehead atoms. The number of nitrogens with zero attached hydrogens (tertiary/aromatic N) is 2. The average Bonchev–Trinajstić information content (AvgIpc) is 2.74. The van der Waals surface area contributed by atoms with E-state index < -0.39 is 5.60 Å². The van der Waals surface area contributed by atoms with Crippen LogP contribution in [0.5, 0.6) is 0 Å². The minimum absolute atomic E-state index is 0.184. The zero-order valence-corrected chi connectivity index (χ0v) is 10.7. The van der Waals surface area contributed by atoms with Crippen LogP contribution in [0.1, 0.15) is 23.3 Å². The molecule has 2 rings (SSSR count). The first-order chi connectivity index (χ1) is 8.11. The molecule has 1 aliphatic rings. The Bertz CT molecular complexity index is 399. The van der Waals surface area contributed by atoms with Crippen LogP contribution in [0, 0.1) is 0 Å². The first-order valence-electron chi connectivity index (χ1n) is 5.67. The number of aryl methyl sites for hydroxylation is 1. The maximum atomic E-state index is 11.8. The molecule has 1 amide bonds. The van der Waals surface area contributed by atoms with Gasteiger partial charge in [-0.25, -0.2) is 0 Å². The lowest BCUT2D eigenvalue weighted by Gasteiger charge is -2.31. The van der Waals surface area contributed by atoms with Gasteiger partial charge in [0.05, 0.1) is 5.60 Å². The standard InChI is InChI=1S/C11H17N3O2S/c1-14-9(2-5-13-14)10(15)12-8-11(16)3-6-17-7-4-11/h2,5,16H,3-4,6-8H2,1H3,(H,12,15). The molecule has 0 radical (unpaired) electrons. The Morgan fingerprint density at radius 1 is 1.65 bits per heavy atom. The van der Waals surface area contributed by atoms with Crippen molar-refractivity contribution in [3.05, 3.63) is 18.0 Å². The van der Waals surface area contributed by atoms with Crippen molar-refractivity contribution < 1.29 is 9.90 Å². The van der Waals surface area contributed by atoms with Crippen LogP contribution < -0.4 is 5.32 Å². The number of hydrogen-bond donors (Lipinski definition) is 2. The molecule has 5 nitrogen and oxygen atoms in total. The number of aliphatic hydroxyl groups is 1. The van der Waals surface area contributed by atoms with E-state index >= 15 is 0 Å². The number of amides is 1. The summed E-state index contributed by atoms with van der Waals surface area (Å²) in [6.45, 7) is 0.317. The number of hydrogen-bond acceptors (Lipinski definition) is 4. The Balaban J connectivity index is 1.90. The summed E-state index contributed by atoms with van der Waals surface area (Å²) in [4.78, 5) is 11.8. The van der Waals surface area contributed by atoms with E-state index in [0.29, 0.717) is 12.2 Å². The lowest BCUT2D eigenvalue weighted by atomic mass is 9.97. The van der Waals surface area contributed by atoms with Crippen LogP contribution in [0.4, 0.5) is 0 Å². The maximum Gasteiger partial charge on any atom is 0.269 e. The third-order valence-electron chi connectivity index (χ3n) is 3.06. The van der Waals surface area contributed by atoms with E-state index in [9.17, 15) is 9.90 Å². The summed E-state index contributed by atoms with van der Waals surface area (Å²) < 4.78 is 1.52. The molecule has 2 heterocycles. The number of nitrogens with one attached hydrogen (secondary N) is 1. The number of carbonyl (C=O) groups is 1. The lowest BCUT2D eigenvalue weighted by molar-refractivity contribution is 0.0310. The van der Waals surface area contributed by atoms with Crippen molar-refractivity contribution in [3.63, 3.8) is 0 Å². The van der Waals surface area contributed by atoms with Gasteiger partial charge in [0.15, 0.2) is 0 Å². The van der Waals surface area contributed by atoms with Gasteiger partial charge < -0.3 is 10.4 Å². The molecule has 2 N–H and O–H groups in total. The van der Waals surface area contributed by atoms with Gasteiger partial charge in [0.1, 0.15) is 5.69 Å². The van der Waals surface area contributed by atoms with Crippen LogP contribution in [-0.4, -0.2) is 44.4 Å². The molecule has 0 unspecified atom stereocenters. The summed E-state index contributed by atoms with van der Waals surface area (Å²) in [6, 6.07) is 1.66. The first-order valence-corrected chi connectivity index (χ1v) is 6.83. The van der Waals surface area contributed by atoms with Crippen molar-refractivity contribution in [2.75, 3.05) is 18.1 Å². The van der Waals surface area contributed by atoms with Crippen LogP contribution in [0.15, 0.2) is 12.3 Å². The third kappa shape index (κ3) is 3.01. The average molecular weight is 255 g/mol. The van der Waals surface area contributed by atoms with Gasteiger partial charge >= 0.3 is 0 Å². The minimum atomic E-state index is -0.737. The van der Waals surface area contributed by atoms with Gasteiger partial charge in [0.25, 0.3) is 5.91 Å². The summed E-state index contributed by atoms with van der Waals surface area (Å²) in [5, 5.41) is 17.0. The van der Waals surface area contributed by atoms with E-state index in [1.807, 2.05) is 11.8 Å². The first kappa shape index (κ1) is 12.4. The highest BCUT2D eigenvalue weighted by Crippen LogP contribution is 2.26. The normalized spacial score (nSPS) is 18.9. The van der Waals surface area contributed by atoms with Crippen LogP contribution in [0.25, 0.3) is 0 Å². The van der Waals surface area contributed by atoms with Crippen LogP contribution in [0.3, 0.4) is 0 Å². The van der Waals surface area contributed by atoms with Crippen molar-refractivity contribution in [2.45, 2.75) is 18.4 Å². The SMILES string of the molecule is Cn1nccc1C(=O)NCC1(O)CCSCC1. The molecule has 94 valence electrons. The van der Waals surface area contributed by atoms with Crippen molar-refractivity contribution in [1.82, 2.24) is 15.1 Å². The second-order valence-corrected chi connectivity index (χ2v) is 5.58. The van der Waals surface area contributed by atoms with E-state index in [1.165, 1.54) is 4.68 Å². The quantitative estimate of drug-likeness (QED) is 0.821. The molecular weight excluding hydrogens is 238 g/mol. The molecule has 1 saturated heterocycles. The molecule has 0 spiro atoms. The van der Waals surface area contributed by atoms with E-state index in [4.69, 9.17) is 0 Å². The predicted molar refractivity (Wildman–Crippen MR) is 67.1 cm³/mol. The van der Waals surface area contributed by atoms with Gasteiger partial charge in [-0.15, -0.1) is 0 Å². The molecule has 0 saturated carbocycles. The molecule has 1 fully saturated rings. The molecule has 0 atom stereocenters. The second kappa shape index (κ2) is 5.10. The Hall–Kier alpha value is -1.01. The fourth-order valence-electron chi connectivity index (χ4n) is 1.86. The number of thioether (sulfide) groups is 1. The number of carbonyl (C=O) groups excluding carboxylic acids is 1. The minimum Gasteiger partial charge on any atom is -0.388 e. The fourth-order valence-corrected chi connectivity index (χ4v) is 3.11. The highest BCUT2D eigenvalue weighted by Gasteiger charge is 2.30. The Kier molecular flexibility index (Phi) is 3.73. The Labute approximate surface area is 105 Å². The van der Waals surface area contributed by atoms with E-state index in [0.717, 1.165) is 24.3 Å². The summed E-state index contributed by atoms with van der Waals surface area (Å²) in [7, 11) is 1.72. The molecule has 0 aliphatic carbocycles. The molecule has 1 aliphatic heterocycles. The Morgan fingerprint density at radius 3 is 2.94 bits per heavy atom. The summed E-state index contributed by atoms with van der Waals surface area (Å²) in [6.07, 6.45) is 3.06. The molecule has 6 heteroatoms.